The molecule has 0 aromatic heterocycles. The third kappa shape index (κ3) is 23.3. The minimum atomic E-state index is -0.123. The Labute approximate surface area is 166 Å². The molecule has 0 unspecified atom stereocenters. The van der Waals surface area contributed by atoms with Crippen molar-refractivity contribution in [3.63, 3.8) is 0 Å². The highest BCUT2D eigenvalue weighted by atomic mass is 16.6. The minimum Gasteiger partial charge on any atom is -0.463 e. The van der Waals surface area contributed by atoms with E-state index in [9.17, 15) is 4.79 Å². The van der Waals surface area contributed by atoms with Gasteiger partial charge in [-0.1, -0.05) is 45.4 Å². The molecular weight excluding hydrogens is 348 g/mol. The van der Waals surface area contributed by atoms with Crippen molar-refractivity contribution >= 4 is 5.97 Å². The molecule has 6 heteroatoms. The topological polar surface area (TPSA) is 63.2 Å². The first kappa shape index (κ1) is 26.3. The van der Waals surface area contributed by atoms with Gasteiger partial charge in [-0.25, -0.2) is 0 Å². The number of ether oxygens (including phenoxy) is 5. The predicted octanol–water partition coefficient (Wildman–Crippen LogP) is 4.15. The van der Waals surface area contributed by atoms with E-state index in [-0.39, 0.29) is 12.1 Å². The van der Waals surface area contributed by atoms with Gasteiger partial charge in [-0.05, 0) is 20.3 Å². The van der Waals surface area contributed by atoms with E-state index in [1.54, 1.807) is 0 Å². The molecule has 27 heavy (non-hydrogen) atoms. The quantitative estimate of drug-likeness (QED) is 0.217. The fourth-order valence-corrected chi connectivity index (χ4v) is 2.40. The van der Waals surface area contributed by atoms with Gasteiger partial charge in [-0.15, -0.1) is 0 Å². The summed E-state index contributed by atoms with van der Waals surface area (Å²) in [5, 5.41) is 0. The van der Waals surface area contributed by atoms with Gasteiger partial charge >= 0.3 is 5.97 Å². The molecular formula is C21H42O6. The minimum absolute atomic E-state index is 0.123. The normalized spacial score (nSPS) is 11.3. The summed E-state index contributed by atoms with van der Waals surface area (Å²) in [4.78, 5) is 11.6. The van der Waals surface area contributed by atoms with Gasteiger partial charge in [0.1, 0.15) is 6.61 Å². The molecule has 0 bridgehead atoms. The molecule has 6 nitrogen and oxygen atoms in total. The van der Waals surface area contributed by atoms with Crippen LogP contribution in [0.3, 0.4) is 0 Å². The molecule has 0 aliphatic heterocycles. The van der Waals surface area contributed by atoms with Gasteiger partial charge in [0, 0.05) is 6.42 Å². The third-order valence-corrected chi connectivity index (χ3v) is 3.90. The fourth-order valence-electron chi connectivity index (χ4n) is 2.40. The zero-order valence-electron chi connectivity index (χ0n) is 17.8. The molecule has 0 spiro atoms. The molecule has 162 valence electrons. The number of esters is 1. The molecule has 0 N–H and O–H groups in total. The van der Waals surface area contributed by atoms with Crippen molar-refractivity contribution in [2.24, 2.45) is 0 Å². The van der Waals surface area contributed by atoms with E-state index in [2.05, 4.69) is 6.92 Å². The van der Waals surface area contributed by atoms with E-state index >= 15 is 0 Å². The van der Waals surface area contributed by atoms with E-state index in [0.717, 1.165) is 12.8 Å². The number of unbranched alkanes of at least 4 members (excludes halogenated alkanes) is 6. The molecule has 0 heterocycles. The Morgan fingerprint density at radius 3 is 1.70 bits per heavy atom. The largest absolute Gasteiger partial charge is 0.463 e. The molecule has 0 radical (unpaired) electrons. The van der Waals surface area contributed by atoms with Gasteiger partial charge < -0.3 is 23.7 Å². The summed E-state index contributed by atoms with van der Waals surface area (Å²) in [5.74, 6) is -0.123. The lowest BCUT2D eigenvalue weighted by Gasteiger charge is -2.09. The molecule has 0 aliphatic rings. The number of hydrogen-bond donors (Lipinski definition) is 0. The van der Waals surface area contributed by atoms with Crippen LogP contribution >= 0.6 is 0 Å². The van der Waals surface area contributed by atoms with Crippen LogP contribution in [0, 0.1) is 0 Å². The van der Waals surface area contributed by atoms with Crippen LogP contribution in [-0.4, -0.2) is 64.9 Å². The molecule has 0 rings (SSSR count). The maximum Gasteiger partial charge on any atom is 0.305 e. The zero-order valence-corrected chi connectivity index (χ0v) is 17.8. The van der Waals surface area contributed by atoms with Crippen LogP contribution in [-0.2, 0) is 28.5 Å². The SMILES string of the molecule is CCCCCCCCCC(=O)OCCOCCOCCOCCOC(C)C. The Morgan fingerprint density at radius 2 is 1.15 bits per heavy atom. The second-order valence-electron chi connectivity index (χ2n) is 6.85. The van der Waals surface area contributed by atoms with Crippen molar-refractivity contribution in [2.45, 2.75) is 78.2 Å². The second kappa shape index (κ2) is 21.6. The van der Waals surface area contributed by atoms with Crippen LogP contribution < -0.4 is 0 Å². The van der Waals surface area contributed by atoms with Crippen LogP contribution in [0.1, 0.15) is 72.1 Å². The number of carbonyl (C=O) groups excluding carboxylic acids is 1. The lowest BCUT2D eigenvalue weighted by Crippen LogP contribution is -2.15. The van der Waals surface area contributed by atoms with Gasteiger partial charge in [0.2, 0.25) is 0 Å². The summed E-state index contributed by atoms with van der Waals surface area (Å²) in [6.07, 6.45) is 9.16. The Kier molecular flexibility index (Phi) is 21.1. The van der Waals surface area contributed by atoms with Crippen molar-refractivity contribution in [2.75, 3.05) is 52.9 Å². The van der Waals surface area contributed by atoms with Gasteiger partial charge in [0.05, 0.1) is 52.4 Å². The smallest absolute Gasteiger partial charge is 0.305 e. The van der Waals surface area contributed by atoms with Gasteiger partial charge in [-0.2, -0.15) is 0 Å². The predicted molar refractivity (Wildman–Crippen MR) is 107 cm³/mol. The summed E-state index contributed by atoms with van der Waals surface area (Å²) in [6, 6.07) is 0. The molecule has 0 amide bonds. The summed E-state index contributed by atoms with van der Waals surface area (Å²) >= 11 is 0. The molecule has 0 fully saturated rings. The van der Waals surface area contributed by atoms with E-state index in [1.807, 2.05) is 13.8 Å². The van der Waals surface area contributed by atoms with E-state index in [4.69, 9.17) is 23.7 Å². The molecule has 0 atom stereocenters. The highest BCUT2D eigenvalue weighted by molar-refractivity contribution is 5.69. The first-order chi connectivity index (χ1) is 13.2. The number of rotatable bonds is 21. The van der Waals surface area contributed by atoms with Crippen LogP contribution in [0.25, 0.3) is 0 Å². The highest BCUT2D eigenvalue weighted by Crippen LogP contribution is 2.08. The van der Waals surface area contributed by atoms with E-state index in [0.29, 0.717) is 59.3 Å². The number of hydrogen-bond acceptors (Lipinski definition) is 6. The average molecular weight is 391 g/mol. The van der Waals surface area contributed by atoms with E-state index in [1.165, 1.54) is 32.1 Å². The lowest BCUT2D eigenvalue weighted by molar-refractivity contribution is -0.145. The summed E-state index contributed by atoms with van der Waals surface area (Å²) in [6.45, 7) is 10.2. The molecule has 0 aromatic rings. The van der Waals surface area contributed by atoms with Crippen molar-refractivity contribution in [1.29, 1.82) is 0 Å². The average Bonchev–Trinajstić information content (AvgIpc) is 2.64. The third-order valence-electron chi connectivity index (χ3n) is 3.90. The van der Waals surface area contributed by atoms with Gasteiger partial charge in [0.25, 0.3) is 0 Å². The Hall–Kier alpha value is -0.690. The van der Waals surface area contributed by atoms with Crippen LogP contribution in [0.5, 0.6) is 0 Å². The van der Waals surface area contributed by atoms with Crippen molar-refractivity contribution in [3.05, 3.63) is 0 Å². The first-order valence-electron chi connectivity index (χ1n) is 10.7. The van der Waals surface area contributed by atoms with Crippen molar-refractivity contribution in [3.8, 4) is 0 Å². The van der Waals surface area contributed by atoms with Crippen LogP contribution in [0.15, 0.2) is 0 Å². The van der Waals surface area contributed by atoms with Crippen molar-refractivity contribution < 1.29 is 28.5 Å². The monoisotopic (exact) mass is 390 g/mol. The Bertz CT molecular complexity index is 309. The van der Waals surface area contributed by atoms with Gasteiger partial charge in [0.15, 0.2) is 0 Å². The molecule has 0 aliphatic carbocycles. The molecule has 0 aromatic carbocycles. The Balaban J connectivity index is 3.14. The van der Waals surface area contributed by atoms with Crippen LogP contribution in [0.2, 0.25) is 0 Å². The fraction of sp³-hybridized carbons (Fsp3) is 0.952. The molecule has 0 saturated heterocycles. The van der Waals surface area contributed by atoms with Crippen LogP contribution in [0.4, 0.5) is 0 Å². The van der Waals surface area contributed by atoms with Gasteiger partial charge in [-0.3, -0.25) is 4.79 Å². The van der Waals surface area contributed by atoms with Crippen molar-refractivity contribution in [1.82, 2.24) is 0 Å². The summed E-state index contributed by atoms with van der Waals surface area (Å²) in [7, 11) is 0. The first-order valence-corrected chi connectivity index (χ1v) is 10.7. The van der Waals surface area contributed by atoms with E-state index < -0.39 is 0 Å². The second-order valence-corrected chi connectivity index (χ2v) is 6.85. The zero-order chi connectivity index (χ0) is 20.0. The highest BCUT2D eigenvalue weighted by Gasteiger charge is 2.02. The standard InChI is InChI=1S/C21H42O6/c1-4-5-6-7-8-9-10-11-21(22)27-19-17-25-15-13-23-12-14-24-16-18-26-20(2)3/h20H,4-19H2,1-3H3. The Morgan fingerprint density at radius 1 is 0.667 bits per heavy atom. The lowest BCUT2D eigenvalue weighted by atomic mass is 10.1. The maximum atomic E-state index is 11.6. The molecule has 0 saturated carbocycles. The number of carbonyl (C=O) groups is 1. The summed E-state index contributed by atoms with van der Waals surface area (Å²) < 4.78 is 26.7. The summed E-state index contributed by atoms with van der Waals surface area (Å²) in [5.41, 5.74) is 0. The maximum absolute atomic E-state index is 11.6.